The Hall–Kier alpha value is -5.92. The van der Waals surface area contributed by atoms with E-state index in [4.69, 9.17) is 43.4 Å². The molecule has 0 atom stereocenters. The highest BCUT2D eigenvalue weighted by Crippen LogP contribution is 2.25. The Labute approximate surface area is 215 Å². The van der Waals surface area contributed by atoms with Gasteiger partial charge in [0.15, 0.2) is 0 Å². The topological polar surface area (TPSA) is 271 Å². The fourth-order valence-electron chi connectivity index (χ4n) is 2.33. The quantitative estimate of drug-likeness (QED) is 0.0610. The van der Waals surface area contributed by atoms with Crippen LogP contribution in [-0.2, 0) is 0 Å². The van der Waals surface area contributed by atoms with Crippen LogP contribution >= 0.6 is 0 Å². The van der Waals surface area contributed by atoms with E-state index in [1.807, 2.05) is 0 Å². The third-order valence-electron chi connectivity index (χ3n) is 4.20. The van der Waals surface area contributed by atoms with Gasteiger partial charge in [-0.05, 0) is 54.6 Å². The van der Waals surface area contributed by atoms with Gasteiger partial charge in [-0.1, -0.05) is 6.07 Å². The number of aromatic hydroxyl groups is 4. The van der Waals surface area contributed by atoms with Crippen LogP contribution in [0, 0.1) is 20.2 Å². The molecule has 14 heteroatoms. The number of benzene rings is 4. The highest BCUT2D eigenvalue weighted by molar-refractivity contribution is 5.64. The number of hydrogen-bond acceptors (Lipinski definition) is 12. The van der Waals surface area contributed by atoms with Crippen molar-refractivity contribution in [1.29, 1.82) is 0 Å². The molecule has 4 aromatic carbocycles. The minimum absolute atomic E-state index is 0.0880. The number of phenolic OH excluding ortho intramolecular Hbond substituents is 4. The van der Waals surface area contributed by atoms with E-state index in [0.29, 0.717) is 11.4 Å². The number of nitro groups is 2. The lowest BCUT2D eigenvalue weighted by Crippen LogP contribution is -1.96. The Morgan fingerprint density at radius 3 is 1.47 bits per heavy atom. The summed E-state index contributed by atoms with van der Waals surface area (Å²) >= 11 is 0. The molecule has 0 saturated carbocycles. The molecule has 12 N–H and O–H groups in total. The molecule has 4 rings (SSSR count). The van der Waals surface area contributed by atoms with Crippen LogP contribution < -0.4 is 22.9 Å². The number of non-ortho nitro benzene ring substituents is 1. The van der Waals surface area contributed by atoms with E-state index in [2.05, 4.69) is 0 Å². The number of nitrogens with zero attached hydrogens (tertiary/aromatic N) is 2. The summed E-state index contributed by atoms with van der Waals surface area (Å²) in [6.07, 6.45) is 0. The van der Waals surface area contributed by atoms with Crippen molar-refractivity contribution in [3.63, 3.8) is 0 Å². The molecule has 0 amide bonds. The summed E-state index contributed by atoms with van der Waals surface area (Å²) in [6.45, 7) is 0. The maximum absolute atomic E-state index is 10.2. The van der Waals surface area contributed by atoms with Crippen molar-refractivity contribution < 1.29 is 30.3 Å². The SMILES string of the molecule is Nc1ccc(N)c([N+](=O)[O-])c1.Nc1ccc(O)cc1.Nc1ccc([N+](=O)[O-])cc1O.Oc1cccc(O)c1. The highest BCUT2D eigenvalue weighted by atomic mass is 16.6. The van der Waals surface area contributed by atoms with E-state index in [0.717, 1.165) is 6.07 Å². The number of hydrogen-bond donors (Lipinski definition) is 8. The fraction of sp³-hybridized carbons (Fsp3) is 0. The van der Waals surface area contributed by atoms with Gasteiger partial charge in [0.2, 0.25) is 0 Å². The van der Waals surface area contributed by atoms with E-state index in [9.17, 15) is 20.2 Å². The number of nitrogen functional groups attached to an aromatic ring is 4. The fourth-order valence-corrected chi connectivity index (χ4v) is 2.33. The molecule has 0 unspecified atom stereocenters. The molecule has 4 aromatic rings. The summed E-state index contributed by atoms with van der Waals surface area (Å²) in [5.41, 5.74) is 22.1. The zero-order chi connectivity index (χ0) is 28.8. The van der Waals surface area contributed by atoms with Crippen molar-refractivity contribution in [2.45, 2.75) is 0 Å². The molecule has 0 bridgehead atoms. The summed E-state index contributed by atoms with van der Waals surface area (Å²) < 4.78 is 0. The number of phenols is 4. The van der Waals surface area contributed by atoms with Crippen molar-refractivity contribution in [2.24, 2.45) is 0 Å². The molecule has 0 aromatic heterocycles. The van der Waals surface area contributed by atoms with Crippen molar-refractivity contribution >= 4 is 34.1 Å². The molecule has 0 spiro atoms. The van der Waals surface area contributed by atoms with E-state index in [-0.39, 0.29) is 45.7 Å². The van der Waals surface area contributed by atoms with Gasteiger partial charge in [0.1, 0.15) is 28.7 Å². The van der Waals surface area contributed by atoms with Crippen molar-refractivity contribution in [1.82, 2.24) is 0 Å². The van der Waals surface area contributed by atoms with Crippen LogP contribution in [0.5, 0.6) is 23.0 Å². The summed E-state index contributed by atoms with van der Waals surface area (Å²) in [5.74, 6) is 0.161. The third kappa shape index (κ3) is 11.0. The summed E-state index contributed by atoms with van der Waals surface area (Å²) in [5, 5.41) is 55.3. The number of rotatable bonds is 2. The largest absolute Gasteiger partial charge is 0.508 e. The molecular formula is C24H26N6O8. The van der Waals surface area contributed by atoms with E-state index in [1.165, 1.54) is 48.5 Å². The molecular weight excluding hydrogens is 500 g/mol. The lowest BCUT2D eigenvalue weighted by molar-refractivity contribution is -0.384. The van der Waals surface area contributed by atoms with Crippen LogP contribution in [0.1, 0.15) is 0 Å². The summed E-state index contributed by atoms with van der Waals surface area (Å²) in [7, 11) is 0. The second-order valence-corrected chi connectivity index (χ2v) is 7.19. The number of anilines is 4. The number of nitrogens with two attached hydrogens (primary N) is 4. The minimum Gasteiger partial charge on any atom is -0.508 e. The van der Waals surface area contributed by atoms with Gasteiger partial charge in [0, 0.05) is 29.6 Å². The lowest BCUT2D eigenvalue weighted by Gasteiger charge is -1.96. The maximum Gasteiger partial charge on any atom is 0.294 e. The van der Waals surface area contributed by atoms with Crippen LogP contribution in [0.3, 0.4) is 0 Å². The van der Waals surface area contributed by atoms with E-state index >= 15 is 0 Å². The van der Waals surface area contributed by atoms with Gasteiger partial charge in [-0.2, -0.15) is 0 Å². The van der Waals surface area contributed by atoms with Crippen molar-refractivity contribution in [3.05, 3.63) is 105 Å². The molecule has 0 aliphatic carbocycles. The highest BCUT2D eigenvalue weighted by Gasteiger charge is 2.10. The zero-order valence-corrected chi connectivity index (χ0v) is 19.7. The Bertz CT molecular complexity index is 1330. The summed E-state index contributed by atoms with van der Waals surface area (Å²) in [6, 6.07) is 19.9. The first-order valence-corrected chi connectivity index (χ1v) is 10.3. The summed E-state index contributed by atoms with van der Waals surface area (Å²) in [4.78, 5) is 19.2. The second kappa shape index (κ2) is 14.5. The van der Waals surface area contributed by atoms with Gasteiger partial charge in [-0.15, -0.1) is 0 Å². The predicted octanol–water partition coefficient (Wildman–Crippen LogP) is 3.71. The smallest absolute Gasteiger partial charge is 0.294 e. The molecule has 0 aliphatic rings. The Balaban J connectivity index is 0.000000256. The van der Waals surface area contributed by atoms with Crippen LogP contribution in [-0.4, -0.2) is 30.3 Å². The Morgan fingerprint density at radius 2 is 1.08 bits per heavy atom. The Morgan fingerprint density at radius 1 is 0.553 bits per heavy atom. The van der Waals surface area contributed by atoms with Crippen molar-refractivity contribution in [2.75, 3.05) is 22.9 Å². The monoisotopic (exact) mass is 526 g/mol. The molecule has 0 radical (unpaired) electrons. The van der Waals surface area contributed by atoms with Crippen molar-refractivity contribution in [3.8, 4) is 23.0 Å². The van der Waals surface area contributed by atoms with E-state index in [1.54, 1.807) is 30.3 Å². The second-order valence-electron chi connectivity index (χ2n) is 7.19. The maximum atomic E-state index is 10.2. The van der Waals surface area contributed by atoms with Gasteiger partial charge >= 0.3 is 0 Å². The number of nitro benzene ring substituents is 2. The molecule has 0 aliphatic heterocycles. The third-order valence-corrected chi connectivity index (χ3v) is 4.20. The first-order valence-electron chi connectivity index (χ1n) is 10.3. The van der Waals surface area contributed by atoms with Crippen LogP contribution in [0.25, 0.3) is 0 Å². The van der Waals surface area contributed by atoms with Gasteiger partial charge in [0.25, 0.3) is 11.4 Å². The normalized spacial score (nSPS) is 9.26. The van der Waals surface area contributed by atoms with Gasteiger partial charge in [0.05, 0.1) is 21.6 Å². The van der Waals surface area contributed by atoms with Crippen LogP contribution in [0.15, 0.2) is 84.9 Å². The zero-order valence-electron chi connectivity index (χ0n) is 19.7. The first kappa shape index (κ1) is 30.1. The van der Waals surface area contributed by atoms with Gasteiger partial charge < -0.3 is 43.4 Å². The van der Waals surface area contributed by atoms with Crippen LogP contribution in [0.4, 0.5) is 34.1 Å². The standard InChI is InChI=1S/C6H7N3O2.C6H6N2O3.C6H7NO.C6H6O2/c7-4-1-2-5(8)6(3-4)9(10)11;7-5-2-1-4(8(10)11)3-6(5)9;7-5-1-3-6(8)4-2-5;7-5-2-1-3-6(8)4-5/h1-3H,7-8H2;1-3,9H,7H2;1-4,8H,7H2;1-4,7-8H. The first-order chi connectivity index (χ1) is 17.8. The van der Waals surface area contributed by atoms with Gasteiger partial charge in [-0.25, -0.2) is 0 Å². The lowest BCUT2D eigenvalue weighted by atomic mass is 10.2. The average molecular weight is 527 g/mol. The molecule has 200 valence electrons. The average Bonchev–Trinajstić information content (AvgIpc) is 2.85. The molecule has 14 nitrogen and oxygen atoms in total. The van der Waals surface area contributed by atoms with E-state index < -0.39 is 9.85 Å². The minimum atomic E-state index is -0.598. The molecule has 0 saturated heterocycles. The molecule has 0 fully saturated rings. The Kier molecular flexibility index (Phi) is 11.5. The molecule has 38 heavy (non-hydrogen) atoms. The van der Waals surface area contributed by atoms with Gasteiger partial charge in [-0.3, -0.25) is 20.2 Å². The van der Waals surface area contributed by atoms with Crippen LogP contribution in [0.2, 0.25) is 0 Å². The predicted molar refractivity (Wildman–Crippen MR) is 143 cm³/mol. The molecule has 0 heterocycles.